The van der Waals surface area contributed by atoms with Gasteiger partial charge in [0, 0.05) is 5.56 Å². The number of nitro groups is 1. The van der Waals surface area contributed by atoms with E-state index in [-0.39, 0.29) is 23.9 Å². The van der Waals surface area contributed by atoms with Crippen LogP contribution in [0.15, 0.2) is 53.9 Å². The molecule has 0 saturated heterocycles. The van der Waals surface area contributed by atoms with Gasteiger partial charge in [0.05, 0.1) is 22.8 Å². The Morgan fingerprint density at radius 1 is 1.30 bits per heavy atom. The van der Waals surface area contributed by atoms with Gasteiger partial charge in [-0.3, -0.25) is 19.6 Å². The number of ether oxygens (including phenoxy) is 2. The number of carbonyl (C=O) groups excluding carboxylic acids is 1. The van der Waals surface area contributed by atoms with Gasteiger partial charge >= 0.3 is 5.69 Å². The van der Waals surface area contributed by atoms with Crippen molar-refractivity contribution in [3.8, 4) is 11.5 Å². The van der Waals surface area contributed by atoms with Crippen LogP contribution in [0.25, 0.3) is 0 Å². The number of nitrogens with one attached hydrogen (secondary N) is 1. The minimum atomic E-state index is -0.600. The quantitative estimate of drug-likeness (QED) is 0.271. The highest BCUT2D eigenvalue weighted by atomic mass is 35.5. The van der Waals surface area contributed by atoms with E-state index in [4.69, 9.17) is 21.1 Å². The summed E-state index contributed by atoms with van der Waals surface area (Å²) in [5, 5.41) is 18.5. The second-order valence-electron chi connectivity index (χ2n) is 6.61. The first-order chi connectivity index (χ1) is 15.9. The predicted octanol–water partition coefficient (Wildman–Crippen LogP) is 3.71. The molecule has 0 aliphatic carbocycles. The third-order valence-electron chi connectivity index (χ3n) is 4.20. The molecule has 3 rings (SSSR count). The van der Waals surface area contributed by atoms with Gasteiger partial charge in [0.25, 0.3) is 5.91 Å². The summed E-state index contributed by atoms with van der Waals surface area (Å²) in [5.41, 5.74) is 3.36. The molecule has 0 radical (unpaired) electrons. The van der Waals surface area contributed by atoms with Crippen LogP contribution in [0.5, 0.6) is 11.5 Å². The van der Waals surface area contributed by atoms with E-state index in [1.807, 2.05) is 6.92 Å². The molecule has 1 N–H and O–H groups in total. The molecule has 12 heteroatoms. The molecule has 1 heterocycles. The lowest BCUT2D eigenvalue weighted by atomic mass is 10.2. The Balaban J connectivity index is 1.60. The molecular formula is C21H19ClFN5O5. The van der Waals surface area contributed by atoms with Crippen LogP contribution < -0.4 is 14.9 Å². The number of nitrogens with zero attached hydrogens (tertiary/aromatic N) is 4. The van der Waals surface area contributed by atoms with Crippen LogP contribution >= 0.6 is 11.6 Å². The van der Waals surface area contributed by atoms with Gasteiger partial charge in [0.1, 0.15) is 31.4 Å². The molecule has 3 aromatic rings. The Labute approximate surface area is 192 Å². The third kappa shape index (κ3) is 6.74. The zero-order chi connectivity index (χ0) is 23.8. The van der Waals surface area contributed by atoms with Crippen LogP contribution in [-0.2, 0) is 17.9 Å². The summed E-state index contributed by atoms with van der Waals surface area (Å²) in [6, 6.07) is 9.12. The van der Waals surface area contributed by atoms with Gasteiger partial charge in [-0.1, -0.05) is 17.7 Å². The van der Waals surface area contributed by atoms with Crippen molar-refractivity contribution in [2.24, 2.45) is 5.10 Å². The van der Waals surface area contributed by atoms with Crippen LogP contribution in [0.4, 0.5) is 10.1 Å². The van der Waals surface area contributed by atoms with E-state index in [2.05, 4.69) is 15.6 Å². The first kappa shape index (κ1) is 23.7. The van der Waals surface area contributed by atoms with E-state index in [0.717, 1.165) is 17.1 Å². The molecule has 1 aromatic heterocycles. The number of benzene rings is 2. The monoisotopic (exact) mass is 475 g/mol. The zero-order valence-electron chi connectivity index (χ0n) is 17.4. The Bertz CT molecular complexity index is 1180. The first-order valence-corrected chi connectivity index (χ1v) is 10.1. The van der Waals surface area contributed by atoms with Crippen molar-refractivity contribution >= 4 is 29.4 Å². The van der Waals surface area contributed by atoms with Gasteiger partial charge in [-0.2, -0.15) is 10.2 Å². The fraction of sp³-hybridized carbons (Fsp3) is 0.190. The van der Waals surface area contributed by atoms with E-state index < -0.39 is 16.6 Å². The fourth-order valence-corrected chi connectivity index (χ4v) is 2.90. The van der Waals surface area contributed by atoms with Gasteiger partial charge in [0.15, 0.2) is 11.5 Å². The maximum Gasteiger partial charge on any atom is 0.307 e. The van der Waals surface area contributed by atoms with Crippen LogP contribution in [0.3, 0.4) is 0 Å². The summed E-state index contributed by atoms with van der Waals surface area (Å²) in [6.07, 6.45) is 3.61. The Morgan fingerprint density at radius 2 is 2.12 bits per heavy atom. The average molecular weight is 476 g/mol. The molecule has 172 valence electrons. The highest BCUT2D eigenvalue weighted by Crippen LogP contribution is 2.29. The molecule has 0 atom stereocenters. The number of carbonyl (C=O) groups is 1. The van der Waals surface area contributed by atoms with Gasteiger partial charge in [-0.05, 0) is 42.8 Å². The summed E-state index contributed by atoms with van der Waals surface area (Å²) in [5.74, 6) is -0.0283. The standard InChI is InChI=1S/C21H19ClFN5O5/c1-2-32-20-7-14(3-6-19(20)33-13-15-4-5-16(23)8-18(15)22)9-24-26-21(29)12-27-11-17(10-25-27)28(30)31/h3-11H,2,12-13H2,1H3,(H,26,29)/b24-9+. The topological polar surface area (TPSA) is 121 Å². The molecular weight excluding hydrogens is 457 g/mol. The van der Waals surface area contributed by atoms with Crippen LogP contribution in [0.1, 0.15) is 18.1 Å². The van der Waals surface area contributed by atoms with E-state index in [0.29, 0.717) is 29.2 Å². The third-order valence-corrected chi connectivity index (χ3v) is 4.56. The summed E-state index contributed by atoms with van der Waals surface area (Å²) in [4.78, 5) is 22.0. The largest absolute Gasteiger partial charge is 0.490 e. The molecule has 0 unspecified atom stereocenters. The summed E-state index contributed by atoms with van der Waals surface area (Å²) < 4.78 is 25.7. The van der Waals surface area contributed by atoms with Gasteiger partial charge in [0.2, 0.25) is 0 Å². The van der Waals surface area contributed by atoms with Crippen molar-refractivity contribution < 1.29 is 23.6 Å². The van der Waals surface area contributed by atoms with Gasteiger partial charge < -0.3 is 9.47 Å². The minimum Gasteiger partial charge on any atom is -0.490 e. The van der Waals surface area contributed by atoms with Crippen LogP contribution in [0, 0.1) is 15.9 Å². The normalized spacial score (nSPS) is 10.9. The smallest absolute Gasteiger partial charge is 0.307 e. The molecule has 0 saturated carbocycles. The van der Waals surface area contributed by atoms with E-state index in [1.54, 1.807) is 24.3 Å². The molecule has 0 fully saturated rings. The van der Waals surface area contributed by atoms with Crippen molar-refractivity contribution in [1.82, 2.24) is 15.2 Å². The summed E-state index contributed by atoms with van der Waals surface area (Å²) >= 11 is 6.03. The Morgan fingerprint density at radius 3 is 2.82 bits per heavy atom. The van der Waals surface area contributed by atoms with Gasteiger partial charge in [-0.25, -0.2) is 9.82 Å². The number of aromatic nitrogens is 2. The number of rotatable bonds is 10. The lowest BCUT2D eigenvalue weighted by Crippen LogP contribution is -2.23. The van der Waals surface area contributed by atoms with Crippen molar-refractivity contribution in [2.75, 3.05) is 6.61 Å². The molecule has 10 nitrogen and oxygen atoms in total. The van der Waals surface area contributed by atoms with E-state index in [9.17, 15) is 19.3 Å². The van der Waals surface area contributed by atoms with Crippen LogP contribution in [-0.4, -0.2) is 33.4 Å². The first-order valence-electron chi connectivity index (χ1n) is 9.68. The summed E-state index contributed by atoms with van der Waals surface area (Å²) in [7, 11) is 0. The number of hydrazone groups is 1. The Kier molecular flexibility index (Phi) is 7.92. The average Bonchev–Trinajstić information content (AvgIpc) is 3.23. The number of halogens is 2. The van der Waals surface area contributed by atoms with Gasteiger partial charge in [-0.15, -0.1) is 0 Å². The molecule has 1 amide bonds. The highest BCUT2D eigenvalue weighted by Gasteiger charge is 2.11. The summed E-state index contributed by atoms with van der Waals surface area (Å²) in [6.45, 7) is 2.10. The second kappa shape index (κ2) is 11.0. The molecule has 0 aliphatic rings. The fourth-order valence-electron chi connectivity index (χ4n) is 2.68. The SMILES string of the molecule is CCOc1cc(/C=N/NC(=O)Cn2cc([N+](=O)[O-])cn2)ccc1OCc1ccc(F)cc1Cl. The van der Waals surface area contributed by atoms with E-state index in [1.165, 1.54) is 18.3 Å². The minimum absolute atomic E-state index is 0.119. The molecule has 33 heavy (non-hydrogen) atoms. The molecule has 0 bridgehead atoms. The molecule has 0 aliphatic heterocycles. The number of amides is 1. The lowest BCUT2D eigenvalue weighted by molar-refractivity contribution is -0.385. The molecule has 0 spiro atoms. The number of hydrogen-bond acceptors (Lipinski definition) is 7. The maximum absolute atomic E-state index is 13.2. The van der Waals surface area contributed by atoms with Crippen LogP contribution in [0.2, 0.25) is 5.02 Å². The van der Waals surface area contributed by atoms with Crippen molar-refractivity contribution in [3.63, 3.8) is 0 Å². The molecule has 2 aromatic carbocycles. The highest BCUT2D eigenvalue weighted by molar-refractivity contribution is 6.31. The van der Waals surface area contributed by atoms with Crippen molar-refractivity contribution in [1.29, 1.82) is 0 Å². The zero-order valence-corrected chi connectivity index (χ0v) is 18.2. The van der Waals surface area contributed by atoms with E-state index >= 15 is 0 Å². The maximum atomic E-state index is 13.2. The van der Waals surface area contributed by atoms with Crippen molar-refractivity contribution in [3.05, 3.63) is 80.9 Å². The lowest BCUT2D eigenvalue weighted by Gasteiger charge is -2.13. The predicted molar refractivity (Wildman–Crippen MR) is 118 cm³/mol. The van der Waals surface area contributed by atoms with Crippen molar-refractivity contribution in [2.45, 2.75) is 20.1 Å². The Hall–Kier alpha value is -3.99. The number of hydrogen-bond donors (Lipinski definition) is 1. The second-order valence-corrected chi connectivity index (χ2v) is 7.02.